The first-order valence-electron chi connectivity index (χ1n) is 9.05. The molecule has 0 amide bonds. The van der Waals surface area contributed by atoms with Crippen LogP contribution in [0.5, 0.6) is 11.5 Å². The second-order valence-corrected chi connectivity index (χ2v) is 8.14. The minimum absolute atomic E-state index is 0.444. The van der Waals surface area contributed by atoms with Crippen molar-refractivity contribution in [3.05, 3.63) is 81.9 Å². The van der Waals surface area contributed by atoms with E-state index in [4.69, 9.17) is 9.15 Å². The number of hydrogen-bond acceptors (Lipinski definition) is 6. The van der Waals surface area contributed by atoms with Gasteiger partial charge >= 0.3 is 0 Å². The molecule has 6 nitrogen and oxygen atoms in total. The highest BCUT2D eigenvalue weighted by molar-refractivity contribution is 9.10. The Bertz CT molecular complexity index is 1110. The zero-order chi connectivity index (χ0) is 20.2. The summed E-state index contributed by atoms with van der Waals surface area (Å²) in [7, 11) is 0. The molecule has 0 unspecified atom stereocenters. The normalized spacial score (nSPS) is 11.0. The van der Waals surface area contributed by atoms with E-state index in [1.807, 2.05) is 73.1 Å². The van der Waals surface area contributed by atoms with Crippen LogP contribution in [0.1, 0.15) is 22.8 Å². The van der Waals surface area contributed by atoms with Crippen LogP contribution in [0.25, 0.3) is 0 Å². The monoisotopic (exact) mass is 470 g/mol. The van der Waals surface area contributed by atoms with Crippen molar-refractivity contribution in [2.24, 2.45) is 0 Å². The molecule has 0 saturated carbocycles. The third kappa shape index (κ3) is 4.71. The van der Waals surface area contributed by atoms with Gasteiger partial charge in [-0.3, -0.25) is 4.68 Å². The van der Waals surface area contributed by atoms with Crippen LogP contribution >= 0.6 is 27.7 Å². The Morgan fingerprint density at radius 1 is 1.03 bits per heavy atom. The van der Waals surface area contributed by atoms with Crippen molar-refractivity contribution in [1.82, 2.24) is 20.0 Å². The number of hydrogen-bond donors (Lipinski definition) is 0. The van der Waals surface area contributed by atoms with Crippen LogP contribution in [-0.4, -0.2) is 20.0 Å². The van der Waals surface area contributed by atoms with E-state index in [9.17, 15) is 0 Å². The number of halogens is 1. The predicted octanol–water partition coefficient (Wildman–Crippen LogP) is 5.78. The van der Waals surface area contributed by atoms with Gasteiger partial charge in [0.1, 0.15) is 18.0 Å². The zero-order valence-corrected chi connectivity index (χ0v) is 18.4. The SMILES string of the molecule is Cc1nn(Cc2nnc(SCc3ccccc3Oc3ccccc3)o2)c(C)c1Br. The maximum absolute atomic E-state index is 6.01. The molecule has 8 heteroatoms. The third-order valence-corrected chi connectivity index (χ3v) is 6.34. The molecule has 0 atom stereocenters. The molecule has 4 rings (SSSR count). The molecule has 0 spiro atoms. The van der Waals surface area contributed by atoms with Gasteiger partial charge in [0.25, 0.3) is 5.22 Å². The van der Waals surface area contributed by atoms with Crippen LogP contribution in [0.3, 0.4) is 0 Å². The number of nitrogens with zero attached hydrogens (tertiary/aromatic N) is 4. The topological polar surface area (TPSA) is 66.0 Å². The smallest absolute Gasteiger partial charge is 0.276 e. The number of benzene rings is 2. The number of thioether (sulfide) groups is 1. The maximum atomic E-state index is 6.01. The fourth-order valence-corrected chi connectivity index (χ4v) is 3.85. The lowest BCUT2D eigenvalue weighted by atomic mass is 10.2. The molecule has 0 fully saturated rings. The molecule has 0 aliphatic heterocycles. The number of aromatic nitrogens is 4. The highest BCUT2D eigenvalue weighted by Gasteiger charge is 2.14. The van der Waals surface area contributed by atoms with E-state index in [0.29, 0.717) is 23.4 Å². The van der Waals surface area contributed by atoms with Crippen LogP contribution in [0.4, 0.5) is 0 Å². The summed E-state index contributed by atoms with van der Waals surface area (Å²) in [5.74, 6) is 2.81. The van der Waals surface area contributed by atoms with Crippen molar-refractivity contribution < 1.29 is 9.15 Å². The van der Waals surface area contributed by atoms with Gasteiger partial charge in [0.05, 0.1) is 15.9 Å². The minimum Gasteiger partial charge on any atom is -0.457 e. The summed E-state index contributed by atoms with van der Waals surface area (Å²) in [5, 5.41) is 13.3. The standard InChI is InChI=1S/C21H19BrN4O2S/c1-14-20(22)15(2)26(25-14)12-19-23-24-21(28-19)29-13-16-8-6-7-11-18(16)27-17-9-4-3-5-10-17/h3-11H,12-13H2,1-2H3. The van der Waals surface area contributed by atoms with Crippen molar-refractivity contribution in [2.45, 2.75) is 31.4 Å². The number of para-hydroxylation sites is 2. The highest BCUT2D eigenvalue weighted by atomic mass is 79.9. The van der Waals surface area contributed by atoms with E-state index in [1.165, 1.54) is 11.8 Å². The Balaban J connectivity index is 1.42. The first-order valence-corrected chi connectivity index (χ1v) is 10.8. The number of rotatable bonds is 7. The Kier molecular flexibility index (Phi) is 6.01. The molecule has 2 aromatic carbocycles. The summed E-state index contributed by atoms with van der Waals surface area (Å²) in [6.45, 7) is 4.40. The van der Waals surface area contributed by atoms with Gasteiger partial charge in [-0.05, 0) is 48.0 Å². The summed E-state index contributed by atoms with van der Waals surface area (Å²) >= 11 is 5.02. The van der Waals surface area contributed by atoms with Crippen molar-refractivity contribution in [3.8, 4) is 11.5 Å². The third-order valence-electron chi connectivity index (χ3n) is 4.32. The van der Waals surface area contributed by atoms with E-state index >= 15 is 0 Å². The van der Waals surface area contributed by atoms with Crippen molar-refractivity contribution in [3.63, 3.8) is 0 Å². The molecule has 0 saturated heterocycles. The molecule has 0 bridgehead atoms. The van der Waals surface area contributed by atoms with E-state index in [2.05, 4.69) is 31.2 Å². The predicted molar refractivity (Wildman–Crippen MR) is 115 cm³/mol. The molecule has 0 radical (unpaired) electrons. The Morgan fingerprint density at radius 3 is 2.55 bits per heavy atom. The Hall–Kier alpha value is -2.58. The van der Waals surface area contributed by atoms with Gasteiger partial charge in [0.2, 0.25) is 5.89 Å². The molecule has 148 valence electrons. The minimum atomic E-state index is 0.444. The molecule has 4 aromatic rings. The van der Waals surface area contributed by atoms with Crippen molar-refractivity contribution >= 4 is 27.7 Å². The highest BCUT2D eigenvalue weighted by Crippen LogP contribution is 2.30. The molecular formula is C21H19BrN4O2S. The van der Waals surface area contributed by atoms with Gasteiger partial charge in [-0.25, -0.2) is 0 Å². The van der Waals surface area contributed by atoms with E-state index < -0.39 is 0 Å². The van der Waals surface area contributed by atoms with Gasteiger partial charge in [-0.2, -0.15) is 5.10 Å². The van der Waals surface area contributed by atoms with E-state index in [-0.39, 0.29) is 0 Å². The van der Waals surface area contributed by atoms with Crippen molar-refractivity contribution in [2.75, 3.05) is 0 Å². The zero-order valence-electron chi connectivity index (χ0n) is 16.0. The Labute approximate surface area is 181 Å². The van der Waals surface area contributed by atoms with Crippen molar-refractivity contribution in [1.29, 1.82) is 0 Å². The quantitative estimate of drug-likeness (QED) is 0.319. The average molecular weight is 471 g/mol. The summed E-state index contributed by atoms with van der Waals surface area (Å²) in [6, 6.07) is 17.7. The summed E-state index contributed by atoms with van der Waals surface area (Å²) < 4.78 is 14.7. The lowest BCUT2D eigenvalue weighted by molar-refractivity contribution is 0.396. The molecule has 0 N–H and O–H groups in total. The van der Waals surface area contributed by atoms with Gasteiger partial charge in [0.15, 0.2) is 0 Å². The Morgan fingerprint density at radius 2 is 1.79 bits per heavy atom. The fraction of sp³-hybridized carbons (Fsp3) is 0.190. The largest absolute Gasteiger partial charge is 0.457 e. The van der Waals surface area contributed by atoms with Crippen LogP contribution in [-0.2, 0) is 12.3 Å². The first kappa shape index (κ1) is 19.7. The van der Waals surface area contributed by atoms with Gasteiger partial charge < -0.3 is 9.15 Å². The molecular weight excluding hydrogens is 452 g/mol. The molecule has 29 heavy (non-hydrogen) atoms. The summed E-state index contributed by atoms with van der Waals surface area (Å²) in [6.07, 6.45) is 0. The lowest BCUT2D eigenvalue weighted by Crippen LogP contribution is -2.04. The fourth-order valence-electron chi connectivity index (χ4n) is 2.80. The molecule has 2 aromatic heterocycles. The van der Waals surface area contributed by atoms with E-state index in [0.717, 1.165) is 32.9 Å². The molecule has 0 aliphatic rings. The van der Waals surface area contributed by atoms with Crippen LogP contribution in [0.2, 0.25) is 0 Å². The van der Waals surface area contributed by atoms with E-state index in [1.54, 1.807) is 0 Å². The maximum Gasteiger partial charge on any atom is 0.276 e. The van der Waals surface area contributed by atoms with Gasteiger partial charge in [-0.15, -0.1) is 10.2 Å². The second-order valence-electron chi connectivity index (χ2n) is 6.42. The molecule has 0 aliphatic carbocycles. The van der Waals surface area contributed by atoms with Crippen LogP contribution < -0.4 is 4.74 Å². The lowest BCUT2D eigenvalue weighted by Gasteiger charge is -2.10. The summed E-state index contributed by atoms with van der Waals surface area (Å²) in [5.41, 5.74) is 3.03. The van der Waals surface area contributed by atoms with Crippen LogP contribution in [0, 0.1) is 13.8 Å². The number of ether oxygens (including phenoxy) is 1. The second kappa shape index (κ2) is 8.84. The average Bonchev–Trinajstić information content (AvgIpc) is 3.28. The number of aryl methyl sites for hydroxylation is 1. The molecule has 2 heterocycles. The van der Waals surface area contributed by atoms with Crippen LogP contribution in [0.15, 0.2) is 68.7 Å². The van der Waals surface area contributed by atoms with Gasteiger partial charge in [0, 0.05) is 11.3 Å². The first-order chi connectivity index (χ1) is 14.1. The van der Waals surface area contributed by atoms with Gasteiger partial charge in [-0.1, -0.05) is 48.2 Å². The summed E-state index contributed by atoms with van der Waals surface area (Å²) in [4.78, 5) is 0.